The predicted molar refractivity (Wildman–Crippen MR) is 105 cm³/mol. The van der Waals surface area contributed by atoms with E-state index < -0.39 is 0 Å². The van der Waals surface area contributed by atoms with Gasteiger partial charge in [-0.2, -0.15) is 11.8 Å². The highest BCUT2D eigenvalue weighted by Crippen LogP contribution is 2.29. The molecular formula is C18H28ClN3OS. The van der Waals surface area contributed by atoms with E-state index in [0.29, 0.717) is 6.04 Å². The van der Waals surface area contributed by atoms with Crippen molar-refractivity contribution >= 4 is 35.8 Å². The second-order valence-corrected chi connectivity index (χ2v) is 7.65. The molecule has 2 aliphatic heterocycles. The molecule has 134 valence electrons. The molecule has 0 spiro atoms. The summed E-state index contributed by atoms with van der Waals surface area (Å²) >= 11 is 2.06. The third-order valence-electron chi connectivity index (χ3n) is 4.79. The number of hydrogen-bond donors (Lipinski definition) is 2. The van der Waals surface area contributed by atoms with Crippen LogP contribution < -0.4 is 10.6 Å². The van der Waals surface area contributed by atoms with Gasteiger partial charge in [0.05, 0.1) is 0 Å². The second-order valence-electron chi connectivity index (χ2n) is 6.43. The van der Waals surface area contributed by atoms with Gasteiger partial charge in [0.2, 0.25) is 5.91 Å². The van der Waals surface area contributed by atoms with Crippen LogP contribution in [0, 0.1) is 0 Å². The average molecular weight is 370 g/mol. The summed E-state index contributed by atoms with van der Waals surface area (Å²) in [6.07, 6.45) is 3.65. The first-order valence-electron chi connectivity index (χ1n) is 8.65. The standard InChI is InChI=1S/C18H27N3OS.ClH/c1-14(22)19-9-10-21(17-6-11-23-12-7-17)13-16-4-2-3-15-5-8-20-18(15)16;/h2-4,17,20H,5-13H2,1H3,(H,19,22);1H. The summed E-state index contributed by atoms with van der Waals surface area (Å²) in [4.78, 5) is 13.7. The molecule has 0 unspecified atom stereocenters. The highest BCUT2D eigenvalue weighted by Gasteiger charge is 2.23. The van der Waals surface area contributed by atoms with Crippen molar-refractivity contribution in [1.29, 1.82) is 0 Å². The molecular weight excluding hydrogens is 342 g/mol. The minimum absolute atomic E-state index is 0. The van der Waals surface area contributed by atoms with Crippen LogP contribution in [-0.4, -0.2) is 48.0 Å². The molecule has 2 aliphatic rings. The van der Waals surface area contributed by atoms with Gasteiger partial charge >= 0.3 is 0 Å². The molecule has 3 rings (SSSR count). The minimum atomic E-state index is 0. The first-order chi connectivity index (χ1) is 11.2. The van der Waals surface area contributed by atoms with Crippen LogP contribution in [0.5, 0.6) is 0 Å². The van der Waals surface area contributed by atoms with Crippen LogP contribution in [0.1, 0.15) is 30.9 Å². The lowest BCUT2D eigenvalue weighted by molar-refractivity contribution is -0.119. The summed E-state index contributed by atoms with van der Waals surface area (Å²) in [7, 11) is 0. The summed E-state index contributed by atoms with van der Waals surface area (Å²) in [5.41, 5.74) is 4.20. The van der Waals surface area contributed by atoms with Crippen molar-refractivity contribution in [3.05, 3.63) is 29.3 Å². The third-order valence-corrected chi connectivity index (χ3v) is 5.84. The fourth-order valence-electron chi connectivity index (χ4n) is 3.58. The quantitative estimate of drug-likeness (QED) is 0.809. The lowest BCUT2D eigenvalue weighted by Crippen LogP contribution is -2.42. The number of rotatable bonds is 6. The maximum Gasteiger partial charge on any atom is 0.216 e. The Labute approximate surface area is 155 Å². The topological polar surface area (TPSA) is 44.4 Å². The van der Waals surface area contributed by atoms with Crippen molar-refractivity contribution in [2.24, 2.45) is 0 Å². The molecule has 0 atom stereocenters. The molecule has 0 aliphatic carbocycles. The number of nitrogens with zero attached hydrogens (tertiary/aromatic N) is 1. The Bertz CT molecular complexity index is 549. The van der Waals surface area contributed by atoms with Gasteiger partial charge in [-0.1, -0.05) is 18.2 Å². The molecule has 0 saturated carbocycles. The lowest BCUT2D eigenvalue weighted by Gasteiger charge is -2.34. The molecule has 1 aromatic rings. The van der Waals surface area contributed by atoms with E-state index in [0.717, 1.165) is 32.6 Å². The SMILES string of the molecule is CC(=O)NCCN(Cc1cccc2c1NCC2)C1CCSCC1.Cl. The van der Waals surface area contributed by atoms with E-state index in [1.807, 2.05) is 0 Å². The number of carbonyl (C=O) groups is 1. The van der Waals surface area contributed by atoms with E-state index in [9.17, 15) is 4.79 Å². The van der Waals surface area contributed by atoms with Crippen molar-refractivity contribution < 1.29 is 4.79 Å². The zero-order valence-electron chi connectivity index (χ0n) is 14.3. The number of anilines is 1. The van der Waals surface area contributed by atoms with Gasteiger partial charge < -0.3 is 10.6 Å². The Morgan fingerprint density at radius 3 is 2.92 bits per heavy atom. The summed E-state index contributed by atoms with van der Waals surface area (Å²) in [5, 5.41) is 6.50. The van der Waals surface area contributed by atoms with E-state index in [1.54, 1.807) is 6.92 Å². The fourth-order valence-corrected chi connectivity index (χ4v) is 4.66. The summed E-state index contributed by atoms with van der Waals surface area (Å²) in [5.74, 6) is 2.57. The van der Waals surface area contributed by atoms with Crippen LogP contribution in [0.3, 0.4) is 0 Å². The Morgan fingerprint density at radius 2 is 2.17 bits per heavy atom. The number of hydrogen-bond acceptors (Lipinski definition) is 4. The first-order valence-corrected chi connectivity index (χ1v) is 9.80. The summed E-state index contributed by atoms with van der Waals surface area (Å²) < 4.78 is 0. The van der Waals surface area contributed by atoms with Crippen molar-refractivity contribution in [2.45, 2.75) is 38.8 Å². The lowest BCUT2D eigenvalue weighted by atomic mass is 10.0. The molecule has 1 fully saturated rings. The van der Waals surface area contributed by atoms with Crippen molar-refractivity contribution in [3.8, 4) is 0 Å². The van der Waals surface area contributed by atoms with Crippen LogP contribution in [0.25, 0.3) is 0 Å². The third kappa shape index (κ3) is 5.04. The number of thioether (sulfide) groups is 1. The highest BCUT2D eigenvalue weighted by atomic mass is 35.5. The zero-order valence-corrected chi connectivity index (χ0v) is 16.0. The minimum Gasteiger partial charge on any atom is -0.384 e. The fraction of sp³-hybridized carbons (Fsp3) is 0.611. The maximum atomic E-state index is 11.2. The smallest absolute Gasteiger partial charge is 0.216 e. The number of nitrogens with one attached hydrogen (secondary N) is 2. The molecule has 6 heteroatoms. The maximum absolute atomic E-state index is 11.2. The second kappa shape index (κ2) is 9.54. The van der Waals surface area contributed by atoms with Crippen molar-refractivity contribution in [1.82, 2.24) is 10.2 Å². The van der Waals surface area contributed by atoms with E-state index >= 15 is 0 Å². The molecule has 2 N–H and O–H groups in total. The molecule has 4 nitrogen and oxygen atoms in total. The number of carbonyl (C=O) groups excluding carboxylic acids is 1. The van der Waals surface area contributed by atoms with Crippen LogP contribution in [0.2, 0.25) is 0 Å². The number of benzene rings is 1. The molecule has 0 bridgehead atoms. The Kier molecular flexibility index (Phi) is 7.72. The van der Waals surface area contributed by atoms with E-state index in [-0.39, 0.29) is 18.3 Å². The number of fused-ring (bicyclic) bond motifs is 1. The molecule has 1 saturated heterocycles. The molecule has 2 heterocycles. The predicted octanol–water partition coefficient (Wildman–Crippen LogP) is 2.91. The molecule has 0 radical (unpaired) electrons. The van der Waals surface area contributed by atoms with Gasteiger partial charge in [-0.05, 0) is 41.9 Å². The normalized spacial score (nSPS) is 17.1. The summed E-state index contributed by atoms with van der Waals surface area (Å²) in [6, 6.07) is 7.31. The summed E-state index contributed by atoms with van der Waals surface area (Å²) in [6.45, 7) is 5.29. The van der Waals surface area contributed by atoms with Crippen LogP contribution >= 0.6 is 24.2 Å². The largest absolute Gasteiger partial charge is 0.384 e. The van der Waals surface area contributed by atoms with E-state index in [1.165, 1.54) is 41.2 Å². The Hall–Kier alpha value is -0.910. The molecule has 0 aromatic heterocycles. The first kappa shape index (κ1) is 19.4. The molecule has 24 heavy (non-hydrogen) atoms. The van der Waals surface area contributed by atoms with Gasteiger partial charge in [-0.3, -0.25) is 9.69 Å². The number of amides is 1. The van der Waals surface area contributed by atoms with Gasteiger partial charge in [0.1, 0.15) is 0 Å². The monoisotopic (exact) mass is 369 g/mol. The zero-order chi connectivity index (χ0) is 16.1. The van der Waals surface area contributed by atoms with Gasteiger partial charge in [-0.15, -0.1) is 12.4 Å². The van der Waals surface area contributed by atoms with Crippen LogP contribution in [0.15, 0.2) is 18.2 Å². The Morgan fingerprint density at radius 1 is 1.38 bits per heavy atom. The van der Waals surface area contributed by atoms with Gasteiger partial charge in [0, 0.05) is 44.8 Å². The van der Waals surface area contributed by atoms with Crippen LogP contribution in [-0.2, 0) is 17.8 Å². The number of para-hydroxylation sites is 1. The highest BCUT2D eigenvalue weighted by molar-refractivity contribution is 7.99. The molecule has 1 aromatic carbocycles. The van der Waals surface area contributed by atoms with Gasteiger partial charge in [0.15, 0.2) is 0 Å². The Balaban J connectivity index is 0.00000208. The van der Waals surface area contributed by atoms with Crippen molar-refractivity contribution in [3.63, 3.8) is 0 Å². The number of halogens is 1. The molecule has 1 amide bonds. The van der Waals surface area contributed by atoms with Gasteiger partial charge in [-0.25, -0.2) is 0 Å². The van der Waals surface area contributed by atoms with Gasteiger partial charge in [0.25, 0.3) is 0 Å². The van der Waals surface area contributed by atoms with Crippen LogP contribution in [0.4, 0.5) is 5.69 Å². The van der Waals surface area contributed by atoms with E-state index in [4.69, 9.17) is 0 Å². The van der Waals surface area contributed by atoms with Crippen molar-refractivity contribution in [2.75, 3.05) is 36.5 Å². The van der Waals surface area contributed by atoms with E-state index in [2.05, 4.69) is 45.5 Å². The average Bonchev–Trinajstić information content (AvgIpc) is 3.04.